The van der Waals surface area contributed by atoms with Crippen molar-refractivity contribution in [1.82, 2.24) is 9.62 Å². The summed E-state index contributed by atoms with van der Waals surface area (Å²) in [5, 5.41) is 0. The fourth-order valence-corrected chi connectivity index (χ4v) is 7.42. The number of fused-ring (bicyclic) bond motifs is 5. The monoisotopic (exact) mass is 448 g/mol. The van der Waals surface area contributed by atoms with Crippen LogP contribution >= 0.6 is 0 Å². The molecule has 6 rings (SSSR count). The summed E-state index contributed by atoms with van der Waals surface area (Å²) < 4.78 is 41.2. The molecule has 2 atom stereocenters. The van der Waals surface area contributed by atoms with Gasteiger partial charge in [-0.25, -0.2) is 13.1 Å². The van der Waals surface area contributed by atoms with Gasteiger partial charge >= 0.3 is 0 Å². The number of nitrogens with one attached hydrogen (secondary N) is 1. The number of hydrogen-bond donors (Lipinski definition) is 1. The fraction of sp³-hybridized carbons (Fsp3) is 0.750. The summed E-state index contributed by atoms with van der Waals surface area (Å²) in [6.45, 7) is 2.97. The van der Waals surface area contributed by atoms with Crippen LogP contribution in [0.4, 0.5) is 0 Å². The van der Waals surface area contributed by atoms with Crippen molar-refractivity contribution in [2.24, 2.45) is 5.92 Å². The first kappa shape index (κ1) is 21.7. The minimum absolute atomic E-state index is 0.0695. The molecule has 0 spiro atoms. The highest BCUT2D eigenvalue weighted by atomic mass is 32.2. The molecule has 1 aromatic carbocycles. The molecule has 2 bridgehead atoms. The van der Waals surface area contributed by atoms with E-state index >= 15 is 0 Å². The summed E-state index contributed by atoms with van der Waals surface area (Å²) in [6.07, 6.45) is 8.61. The predicted molar refractivity (Wildman–Crippen MR) is 121 cm³/mol. The Morgan fingerprint density at radius 1 is 1.00 bits per heavy atom. The van der Waals surface area contributed by atoms with Crippen LogP contribution in [0.25, 0.3) is 0 Å². The summed E-state index contributed by atoms with van der Waals surface area (Å²) in [4.78, 5) is 2.39. The molecule has 2 aliphatic carbocycles. The molecule has 0 unspecified atom stereocenters. The zero-order valence-electron chi connectivity index (χ0n) is 18.4. The van der Waals surface area contributed by atoms with Gasteiger partial charge in [0.15, 0.2) is 0 Å². The fourth-order valence-electron chi connectivity index (χ4n) is 5.63. The molecule has 0 amide bonds. The summed E-state index contributed by atoms with van der Waals surface area (Å²) in [6, 6.07) is 8.48. The zero-order chi connectivity index (χ0) is 21.3. The van der Waals surface area contributed by atoms with Gasteiger partial charge in [0, 0.05) is 18.6 Å². The summed E-state index contributed by atoms with van der Waals surface area (Å²) >= 11 is 0. The van der Waals surface area contributed by atoms with Crippen LogP contribution in [0.3, 0.4) is 0 Å². The minimum atomic E-state index is -3.24. The lowest BCUT2D eigenvalue weighted by Gasteiger charge is -2.42. The molecule has 6 nitrogen and oxygen atoms in total. The Balaban J connectivity index is 1.33. The van der Waals surface area contributed by atoms with Crippen LogP contribution in [0.5, 0.6) is 5.75 Å². The Labute approximate surface area is 186 Å². The lowest BCUT2D eigenvalue weighted by molar-refractivity contribution is -0.0284. The van der Waals surface area contributed by atoms with Crippen molar-refractivity contribution < 1.29 is 17.9 Å². The highest BCUT2D eigenvalue weighted by Gasteiger charge is 2.37. The number of piperidine rings is 1. The van der Waals surface area contributed by atoms with Crippen LogP contribution in [-0.2, 0) is 14.8 Å². The Bertz CT molecular complexity index is 849. The van der Waals surface area contributed by atoms with Gasteiger partial charge in [-0.1, -0.05) is 18.2 Å². The van der Waals surface area contributed by atoms with Crippen LogP contribution in [0.2, 0.25) is 0 Å². The summed E-state index contributed by atoms with van der Waals surface area (Å²) in [7, 11) is -3.24. The molecule has 3 aliphatic heterocycles. The number of ether oxygens (including phenoxy) is 2. The molecule has 172 valence electrons. The second-order valence-corrected chi connectivity index (χ2v) is 11.7. The lowest BCUT2D eigenvalue weighted by Crippen LogP contribution is -2.58. The van der Waals surface area contributed by atoms with Gasteiger partial charge in [-0.3, -0.25) is 4.90 Å². The van der Waals surface area contributed by atoms with Gasteiger partial charge in [0.25, 0.3) is 0 Å². The van der Waals surface area contributed by atoms with Crippen molar-refractivity contribution in [2.75, 3.05) is 32.1 Å². The van der Waals surface area contributed by atoms with Gasteiger partial charge in [0.05, 0.1) is 18.5 Å². The van der Waals surface area contributed by atoms with E-state index in [1.807, 2.05) is 0 Å². The van der Waals surface area contributed by atoms with E-state index in [9.17, 15) is 8.42 Å². The number of hydrogen-bond acceptors (Lipinski definition) is 5. The van der Waals surface area contributed by atoms with Crippen molar-refractivity contribution in [1.29, 1.82) is 0 Å². The van der Waals surface area contributed by atoms with E-state index in [4.69, 9.17) is 9.47 Å². The van der Waals surface area contributed by atoms with Crippen molar-refractivity contribution in [3.63, 3.8) is 0 Å². The third kappa shape index (κ3) is 5.44. The Morgan fingerprint density at radius 2 is 1.81 bits per heavy atom. The molecule has 3 fully saturated rings. The highest BCUT2D eigenvalue weighted by Crippen LogP contribution is 2.39. The number of benzene rings is 1. The van der Waals surface area contributed by atoms with Crippen LogP contribution in [0, 0.1) is 5.92 Å². The standard InChI is InChI=1S/C24H36N2O4S/c27-31(28,17-18-7-8-18)25-22-5-3-13-26-14-15-29-24-6-2-1-4-21(24)19-9-11-20(12-10-19)30-16-23(22)26/h1-2,4,6,18-20,22-23,25H,3,5,7-17H2/t19?,20?,22-,23-/m0/s1. The Kier molecular flexibility index (Phi) is 6.56. The van der Waals surface area contributed by atoms with Crippen molar-refractivity contribution in [3.05, 3.63) is 29.8 Å². The average Bonchev–Trinajstić information content (AvgIpc) is 3.56. The normalized spacial score (nSPS) is 32.6. The van der Waals surface area contributed by atoms with E-state index in [0.29, 0.717) is 25.0 Å². The maximum Gasteiger partial charge on any atom is 0.212 e. The van der Waals surface area contributed by atoms with Gasteiger partial charge in [-0.15, -0.1) is 0 Å². The number of nitrogens with zero attached hydrogens (tertiary/aromatic N) is 1. The molecule has 3 heterocycles. The predicted octanol–water partition coefficient (Wildman–Crippen LogP) is 3.28. The van der Waals surface area contributed by atoms with Crippen molar-refractivity contribution in [3.8, 4) is 5.75 Å². The topological polar surface area (TPSA) is 67.9 Å². The zero-order valence-corrected chi connectivity index (χ0v) is 19.2. The Hall–Kier alpha value is -1.15. The van der Waals surface area contributed by atoms with Crippen LogP contribution in [-0.4, -0.2) is 63.6 Å². The van der Waals surface area contributed by atoms with E-state index < -0.39 is 10.0 Å². The molecule has 1 saturated heterocycles. The third-order valence-corrected chi connectivity index (χ3v) is 9.12. The van der Waals surface area contributed by atoms with Gasteiger partial charge < -0.3 is 9.47 Å². The molecule has 2 saturated carbocycles. The second-order valence-electron chi connectivity index (χ2n) is 9.89. The first-order valence-electron chi connectivity index (χ1n) is 12.1. The van der Waals surface area contributed by atoms with E-state index in [-0.39, 0.29) is 23.9 Å². The number of sulfonamides is 1. The molecule has 1 aromatic rings. The lowest BCUT2D eigenvalue weighted by atomic mass is 9.82. The minimum Gasteiger partial charge on any atom is -0.492 e. The van der Waals surface area contributed by atoms with E-state index in [0.717, 1.165) is 70.2 Å². The smallest absolute Gasteiger partial charge is 0.212 e. The molecule has 7 heteroatoms. The van der Waals surface area contributed by atoms with Crippen molar-refractivity contribution >= 4 is 10.0 Å². The molecule has 1 N–H and O–H groups in total. The summed E-state index contributed by atoms with van der Waals surface area (Å²) in [5.74, 6) is 2.20. The number of para-hydroxylation sites is 1. The first-order chi connectivity index (χ1) is 15.1. The summed E-state index contributed by atoms with van der Waals surface area (Å²) in [5.41, 5.74) is 1.33. The van der Waals surface area contributed by atoms with Gasteiger partial charge in [0.2, 0.25) is 10.0 Å². The first-order valence-corrected chi connectivity index (χ1v) is 13.8. The van der Waals surface area contributed by atoms with Crippen LogP contribution in [0.15, 0.2) is 24.3 Å². The quantitative estimate of drug-likeness (QED) is 0.766. The van der Waals surface area contributed by atoms with Gasteiger partial charge in [0.1, 0.15) is 12.4 Å². The Morgan fingerprint density at radius 3 is 2.61 bits per heavy atom. The molecule has 5 aliphatic rings. The van der Waals surface area contributed by atoms with Crippen molar-refractivity contribution in [2.45, 2.75) is 75.5 Å². The van der Waals surface area contributed by atoms with Crippen LogP contribution < -0.4 is 9.46 Å². The largest absolute Gasteiger partial charge is 0.492 e. The van der Waals surface area contributed by atoms with E-state index in [2.05, 4.69) is 33.9 Å². The van der Waals surface area contributed by atoms with Gasteiger partial charge in [-0.05, 0) is 81.4 Å². The van der Waals surface area contributed by atoms with E-state index in [1.165, 1.54) is 5.56 Å². The SMILES string of the molecule is O=S(=O)(CC1CC1)N[C@H]1CCCN2CCOc3ccccc3C3CCC(CC3)OC[C@@H]12. The maximum atomic E-state index is 12.7. The average molecular weight is 449 g/mol. The molecule has 0 radical (unpaired) electrons. The third-order valence-electron chi connectivity index (χ3n) is 7.55. The number of rotatable bonds is 4. The molecular weight excluding hydrogens is 412 g/mol. The molecule has 0 aromatic heterocycles. The molecule has 31 heavy (non-hydrogen) atoms. The van der Waals surface area contributed by atoms with E-state index in [1.54, 1.807) is 0 Å². The second kappa shape index (κ2) is 9.38. The van der Waals surface area contributed by atoms with Gasteiger partial charge in [-0.2, -0.15) is 0 Å². The van der Waals surface area contributed by atoms with Crippen LogP contribution in [0.1, 0.15) is 62.8 Å². The highest BCUT2D eigenvalue weighted by molar-refractivity contribution is 7.89. The maximum absolute atomic E-state index is 12.7. The molecular formula is C24H36N2O4S.